The van der Waals surface area contributed by atoms with Gasteiger partial charge in [0.2, 0.25) is 0 Å². The van der Waals surface area contributed by atoms with Crippen LogP contribution in [0.1, 0.15) is 69.2 Å². The van der Waals surface area contributed by atoms with E-state index in [-0.39, 0.29) is 0 Å². The van der Waals surface area contributed by atoms with E-state index in [1.54, 1.807) is 0 Å². The number of rotatable bonds is 5. The van der Waals surface area contributed by atoms with Crippen LogP contribution in [0.4, 0.5) is 0 Å². The van der Waals surface area contributed by atoms with Gasteiger partial charge in [-0.25, -0.2) is 0 Å². The van der Waals surface area contributed by atoms with Crippen molar-refractivity contribution in [2.75, 3.05) is 6.54 Å². The van der Waals surface area contributed by atoms with E-state index in [4.69, 9.17) is 0 Å². The fraction of sp³-hybridized carbons (Fsp3) is 0.700. The van der Waals surface area contributed by atoms with Gasteiger partial charge in [0, 0.05) is 6.04 Å². The van der Waals surface area contributed by atoms with E-state index in [9.17, 15) is 0 Å². The fourth-order valence-corrected chi connectivity index (χ4v) is 4.33. The minimum atomic E-state index is 0.536. The molecule has 2 rings (SSSR count). The molecule has 1 heteroatoms. The maximum atomic E-state index is 3.85. The van der Waals surface area contributed by atoms with Crippen molar-refractivity contribution in [2.24, 2.45) is 17.8 Å². The molecule has 1 nitrogen and oxygen atoms in total. The first kappa shape index (κ1) is 16.5. The highest BCUT2D eigenvalue weighted by molar-refractivity contribution is 5.31. The predicted octanol–water partition coefficient (Wildman–Crippen LogP) is 5.42. The van der Waals surface area contributed by atoms with E-state index in [2.05, 4.69) is 58.1 Å². The van der Waals surface area contributed by atoms with Crippen molar-refractivity contribution in [3.63, 3.8) is 0 Å². The van der Waals surface area contributed by atoms with Gasteiger partial charge in [0.05, 0.1) is 0 Å². The van der Waals surface area contributed by atoms with Crippen LogP contribution in [0.15, 0.2) is 18.2 Å². The van der Waals surface area contributed by atoms with E-state index in [0.717, 1.165) is 24.3 Å². The molecular weight excluding hydrogens is 254 g/mol. The molecule has 0 spiro atoms. The van der Waals surface area contributed by atoms with Crippen molar-refractivity contribution in [1.29, 1.82) is 0 Å². The van der Waals surface area contributed by atoms with Gasteiger partial charge < -0.3 is 5.32 Å². The van der Waals surface area contributed by atoms with Gasteiger partial charge in [0.1, 0.15) is 0 Å². The van der Waals surface area contributed by atoms with Crippen molar-refractivity contribution in [2.45, 2.75) is 66.3 Å². The molecule has 21 heavy (non-hydrogen) atoms. The van der Waals surface area contributed by atoms with E-state index >= 15 is 0 Å². The molecule has 0 aromatic heterocycles. The Morgan fingerprint density at radius 1 is 1.00 bits per heavy atom. The zero-order valence-electron chi connectivity index (χ0n) is 14.6. The molecule has 0 radical (unpaired) electrons. The van der Waals surface area contributed by atoms with Crippen molar-refractivity contribution >= 4 is 0 Å². The zero-order valence-corrected chi connectivity index (χ0v) is 14.6. The molecule has 0 saturated heterocycles. The highest BCUT2D eigenvalue weighted by Gasteiger charge is 2.30. The number of nitrogens with one attached hydrogen (secondary N) is 1. The molecule has 0 heterocycles. The predicted molar refractivity (Wildman–Crippen MR) is 92.6 cm³/mol. The van der Waals surface area contributed by atoms with Gasteiger partial charge in [0.15, 0.2) is 0 Å². The Bertz CT molecular complexity index is 421. The summed E-state index contributed by atoms with van der Waals surface area (Å²) < 4.78 is 0. The summed E-state index contributed by atoms with van der Waals surface area (Å²) in [5.74, 6) is 2.53. The summed E-state index contributed by atoms with van der Waals surface area (Å²) in [6.45, 7) is 12.7. The van der Waals surface area contributed by atoms with Crippen LogP contribution in [0.5, 0.6) is 0 Å². The normalized spacial score (nSPS) is 27.6. The summed E-state index contributed by atoms with van der Waals surface area (Å²) in [4.78, 5) is 0. The van der Waals surface area contributed by atoms with E-state index < -0.39 is 0 Å². The quantitative estimate of drug-likeness (QED) is 0.763. The van der Waals surface area contributed by atoms with Crippen molar-refractivity contribution in [1.82, 2.24) is 5.32 Å². The van der Waals surface area contributed by atoms with Crippen LogP contribution in [-0.4, -0.2) is 6.54 Å². The number of hydrogen-bond donors (Lipinski definition) is 1. The summed E-state index contributed by atoms with van der Waals surface area (Å²) in [5, 5.41) is 3.85. The Balaban J connectivity index is 2.24. The maximum absolute atomic E-state index is 3.85. The molecule has 1 aromatic rings. The smallest absolute Gasteiger partial charge is 0.0349 e. The molecule has 118 valence electrons. The van der Waals surface area contributed by atoms with E-state index in [1.165, 1.54) is 42.4 Å². The largest absolute Gasteiger partial charge is 0.310 e. The van der Waals surface area contributed by atoms with Gasteiger partial charge in [0.25, 0.3) is 0 Å². The SMILES string of the molecule is CCCNC(c1cc(C)cc(C)c1)C1CC(C)CC(C)C1. The molecule has 3 unspecified atom stereocenters. The summed E-state index contributed by atoms with van der Waals surface area (Å²) in [6, 6.07) is 7.61. The Morgan fingerprint density at radius 2 is 1.57 bits per heavy atom. The lowest BCUT2D eigenvalue weighted by Crippen LogP contribution is -2.33. The Kier molecular flexibility index (Phi) is 5.87. The van der Waals surface area contributed by atoms with Crippen LogP contribution >= 0.6 is 0 Å². The summed E-state index contributed by atoms with van der Waals surface area (Å²) in [5.41, 5.74) is 4.29. The zero-order chi connectivity index (χ0) is 15.4. The van der Waals surface area contributed by atoms with Crippen molar-refractivity contribution < 1.29 is 0 Å². The maximum Gasteiger partial charge on any atom is 0.0349 e. The average Bonchev–Trinajstić information content (AvgIpc) is 2.37. The molecule has 0 amide bonds. The third kappa shape index (κ3) is 4.57. The second-order valence-corrected chi connectivity index (χ2v) is 7.53. The Hall–Kier alpha value is -0.820. The van der Waals surface area contributed by atoms with Crippen LogP contribution in [-0.2, 0) is 0 Å². The second kappa shape index (κ2) is 7.45. The second-order valence-electron chi connectivity index (χ2n) is 7.53. The molecule has 1 saturated carbocycles. The van der Waals surface area contributed by atoms with Gasteiger partial charge in [-0.05, 0) is 69.4 Å². The van der Waals surface area contributed by atoms with Gasteiger partial charge in [-0.3, -0.25) is 0 Å². The van der Waals surface area contributed by atoms with E-state index in [1.807, 2.05) is 0 Å². The topological polar surface area (TPSA) is 12.0 Å². The standard InChI is InChI=1S/C20H33N/c1-6-7-21-20(18-10-14(2)8-15(3)11-18)19-12-16(4)9-17(5)13-19/h8,10-11,16-17,19-21H,6-7,9,12-13H2,1-5H3. The van der Waals surface area contributed by atoms with Crippen LogP contribution < -0.4 is 5.32 Å². The molecule has 1 aliphatic rings. The summed E-state index contributed by atoms with van der Waals surface area (Å²) in [7, 11) is 0. The van der Waals surface area contributed by atoms with Crippen LogP contribution in [0.25, 0.3) is 0 Å². The van der Waals surface area contributed by atoms with Gasteiger partial charge in [-0.15, -0.1) is 0 Å². The molecule has 1 aliphatic carbocycles. The Labute approximate surface area is 131 Å². The molecule has 1 aromatic carbocycles. The van der Waals surface area contributed by atoms with Crippen LogP contribution in [0, 0.1) is 31.6 Å². The Morgan fingerprint density at radius 3 is 2.10 bits per heavy atom. The number of hydrogen-bond acceptors (Lipinski definition) is 1. The molecule has 0 aliphatic heterocycles. The first-order chi connectivity index (χ1) is 9.99. The summed E-state index contributed by atoms with van der Waals surface area (Å²) in [6.07, 6.45) is 5.36. The number of aryl methyl sites for hydroxylation is 2. The lowest BCUT2D eigenvalue weighted by atomic mass is 9.72. The van der Waals surface area contributed by atoms with Gasteiger partial charge in [-0.2, -0.15) is 0 Å². The minimum absolute atomic E-state index is 0.536. The third-order valence-corrected chi connectivity index (χ3v) is 4.90. The first-order valence-corrected chi connectivity index (χ1v) is 8.81. The van der Waals surface area contributed by atoms with E-state index in [0.29, 0.717) is 6.04 Å². The fourth-order valence-electron chi connectivity index (χ4n) is 4.33. The lowest BCUT2D eigenvalue weighted by molar-refractivity contribution is 0.176. The molecule has 3 atom stereocenters. The van der Waals surface area contributed by atoms with Gasteiger partial charge in [-0.1, -0.05) is 50.1 Å². The molecule has 1 N–H and O–H groups in total. The average molecular weight is 287 g/mol. The van der Waals surface area contributed by atoms with Crippen molar-refractivity contribution in [3.05, 3.63) is 34.9 Å². The lowest BCUT2D eigenvalue weighted by Gasteiger charge is -2.37. The minimum Gasteiger partial charge on any atom is -0.310 e. The molecular formula is C20H33N. The highest BCUT2D eigenvalue weighted by Crippen LogP contribution is 2.40. The van der Waals surface area contributed by atoms with Crippen LogP contribution in [0.2, 0.25) is 0 Å². The van der Waals surface area contributed by atoms with Crippen LogP contribution in [0.3, 0.4) is 0 Å². The highest BCUT2D eigenvalue weighted by atomic mass is 14.9. The molecule has 0 bridgehead atoms. The van der Waals surface area contributed by atoms with Gasteiger partial charge >= 0.3 is 0 Å². The number of benzene rings is 1. The first-order valence-electron chi connectivity index (χ1n) is 8.81. The monoisotopic (exact) mass is 287 g/mol. The third-order valence-electron chi connectivity index (χ3n) is 4.90. The summed E-state index contributed by atoms with van der Waals surface area (Å²) >= 11 is 0. The van der Waals surface area contributed by atoms with Crippen molar-refractivity contribution in [3.8, 4) is 0 Å². The molecule has 1 fully saturated rings.